The second-order valence-corrected chi connectivity index (χ2v) is 4.52. The van der Waals surface area contributed by atoms with Crippen LogP contribution in [0.1, 0.15) is 6.92 Å². The van der Waals surface area contributed by atoms with Gasteiger partial charge in [0.15, 0.2) is 0 Å². The van der Waals surface area contributed by atoms with Crippen LogP contribution in [0.25, 0.3) is 0 Å². The lowest BCUT2D eigenvalue weighted by molar-refractivity contribution is 0.168. The van der Waals surface area contributed by atoms with E-state index >= 15 is 0 Å². The van der Waals surface area contributed by atoms with E-state index in [1.807, 2.05) is 0 Å². The van der Waals surface area contributed by atoms with Crippen molar-refractivity contribution in [3.8, 4) is 11.5 Å². The molecule has 2 aromatic rings. The molecule has 2 aromatic carbocycles. The number of halogens is 1. The molecule has 6 heteroatoms. The van der Waals surface area contributed by atoms with Gasteiger partial charge in [0.1, 0.15) is 30.5 Å². The fourth-order valence-corrected chi connectivity index (χ4v) is 1.80. The molecule has 1 N–H and O–H groups in total. The molecule has 0 radical (unpaired) electrons. The van der Waals surface area contributed by atoms with Crippen molar-refractivity contribution in [1.29, 1.82) is 0 Å². The van der Waals surface area contributed by atoms with Crippen LogP contribution in [0.5, 0.6) is 11.5 Å². The summed E-state index contributed by atoms with van der Waals surface area (Å²) >= 11 is 0. The lowest BCUT2D eigenvalue weighted by Gasteiger charge is -2.10. The monoisotopic (exact) mass is 319 g/mol. The van der Waals surface area contributed by atoms with Gasteiger partial charge in [-0.1, -0.05) is 6.07 Å². The van der Waals surface area contributed by atoms with Gasteiger partial charge in [-0.05, 0) is 43.3 Å². The first-order valence-electron chi connectivity index (χ1n) is 7.22. The molecule has 0 saturated heterocycles. The lowest BCUT2D eigenvalue weighted by atomic mass is 10.3. The van der Waals surface area contributed by atoms with Gasteiger partial charge in [0.2, 0.25) is 0 Å². The number of carbonyl (C=O) groups excluding carboxylic acids is 1. The molecular formula is C17H18FNO4. The molecule has 23 heavy (non-hydrogen) atoms. The molecule has 0 aliphatic rings. The maximum atomic E-state index is 12.8. The predicted molar refractivity (Wildman–Crippen MR) is 84.5 cm³/mol. The number of benzene rings is 2. The van der Waals surface area contributed by atoms with Crippen LogP contribution in [0, 0.1) is 5.82 Å². The Kier molecular flexibility index (Phi) is 6.23. The highest BCUT2D eigenvalue weighted by Crippen LogP contribution is 2.17. The van der Waals surface area contributed by atoms with E-state index in [-0.39, 0.29) is 5.82 Å². The van der Waals surface area contributed by atoms with E-state index in [0.717, 1.165) is 0 Å². The zero-order valence-electron chi connectivity index (χ0n) is 12.8. The number of hydrogen-bond acceptors (Lipinski definition) is 4. The smallest absolute Gasteiger partial charge is 0.411 e. The minimum atomic E-state index is -0.510. The molecule has 0 atom stereocenters. The van der Waals surface area contributed by atoms with Crippen molar-refractivity contribution in [2.45, 2.75) is 6.92 Å². The minimum absolute atomic E-state index is 0.306. The summed E-state index contributed by atoms with van der Waals surface area (Å²) in [4.78, 5) is 11.3. The minimum Gasteiger partial charge on any atom is -0.490 e. The summed E-state index contributed by atoms with van der Waals surface area (Å²) in [5.41, 5.74) is 0.584. The standard InChI is InChI=1S/C17H18FNO4/c1-2-21-17(20)19-14-4-3-5-16(12-14)23-11-10-22-15-8-6-13(18)7-9-15/h3-9,12H,2,10-11H2,1H3,(H,19,20). The Labute approximate surface area is 134 Å². The number of amides is 1. The lowest BCUT2D eigenvalue weighted by Crippen LogP contribution is -2.13. The van der Waals surface area contributed by atoms with Crippen LogP contribution in [0.15, 0.2) is 48.5 Å². The molecular weight excluding hydrogens is 301 g/mol. The van der Waals surface area contributed by atoms with Crippen LogP contribution in [0.3, 0.4) is 0 Å². The summed E-state index contributed by atoms with van der Waals surface area (Å²) in [7, 11) is 0. The third-order valence-corrected chi connectivity index (χ3v) is 2.79. The Bertz CT molecular complexity index is 631. The Morgan fingerprint density at radius 2 is 1.74 bits per heavy atom. The van der Waals surface area contributed by atoms with Crippen LogP contribution in [-0.2, 0) is 4.74 Å². The zero-order valence-corrected chi connectivity index (χ0v) is 12.8. The Morgan fingerprint density at radius 3 is 2.43 bits per heavy atom. The van der Waals surface area contributed by atoms with Gasteiger partial charge in [-0.2, -0.15) is 0 Å². The van der Waals surface area contributed by atoms with Gasteiger partial charge in [-0.15, -0.1) is 0 Å². The first-order chi connectivity index (χ1) is 11.2. The number of hydrogen-bond donors (Lipinski definition) is 1. The van der Waals surface area contributed by atoms with E-state index in [1.54, 1.807) is 43.3 Å². The van der Waals surface area contributed by atoms with Gasteiger partial charge < -0.3 is 14.2 Å². The summed E-state index contributed by atoms with van der Waals surface area (Å²) in [6.45, 7) is 2.68. The molecule has 122 valence electrons. The molecule has 0 spiro atoms. The fraction of sp³-hybridized carbons (Fsp3) is 0.235. The molecule has 0 saturated carbocycles. The van der Waals surface area contributed by atoms with Crippen LogP contribution in [0.4, 0.5) is 14.9 Å². The molecule has 0 aliphatic heterocycles. The first kappa shape index (κ1) is 16.6. The van der Waals surface area contributed by atoms with E-state index in [4.69, 9.17) is 14.2 Å². The molecule has 0 unspecified atom stereocenters. The number of rotatable bonds is 7. The van der Waals surface area contributed by atoms with Crippen molar-refractivity contribution in [3.63, 3.8) is 0 Å². The molecule has 0 aromatic heterocycles. The Hall–Kier alpha value is -2.76. The number of ether oxygens (including phenoxy) is 3. The predicted octanol–water partition coefficient (Wildman–Crippen LogP) is 3.85. The maximum Gasteiger partial charge on any atom is 0.411 e. The van der Waals surface area contributed by atoms with E-state index in [2.05, 4.69) is 5.32 Å². The van der Waals surface area contributed by atoms with Crippen LogP contribution in [0.2, 0.25) is 0 Å². The molecule has 0 heterocycles. The summed E-state index contributed by atoms with van der Waals surface area (Å²) in [5, 5.41) is 2.60. The Morgan fingerprint density at radius 1 is 1.04 bits per heavy atom. The quantitative estimate of drug-likeness (QED) is 0.788. The van der Waals surface area contributed by atoms with Crippen molar-refractivity contribution < 1.29 is 23.4 Å². The number of anilines is 1. The molecule has 0 aliphatic carbocycles. The molecule has 0 bridgehead atoms. The maximum absolute atomic E-state index is 12.8. The average Bonchev–Trinajstić information content (AvgIpc) is 2.54. The molecule has 2 rings (SSSR count). The highest BCUT2D eigenvalue weighted by Gasteiger charge is 2.03. The van der Waals surface area contributed by atoms with Gasteiger partial charge in [-0.3, -0.25) is 5.32 Å². The average molecular weight is 319 g/mol. The van der Waals surface area contributed by atoms with Gasteiger partial charge in [0.25, 0.3) is 0 Å². The van der Waals surface area contributed by atoms with Crippen LogP contribution >= 0.6 is 0 Å². The molecule has 5 nitrogen and oxygen atoms in total. The summed E-state index contributed by atoms with van der Waals surface area (Å²) in [6.07, 6.45) is -0.510. The van der Waals surface area contributed by atoms with Crippen LogP contribution < -0.4 is 14.8 Å². The van der Waals surface area contributed by atoms with Gasteiger partial charge in [0.05, 0.1) is 6.61 Å². The third kappa shape index (κ3) is 5.86. The van der Waals surface area contributed by atoms with Crippen molar-refractivity contribution >= 4 is 11.8 Å². The van der Waals surface area contributed by atoms with Crippen molar-refractivity contribution in [2.24, 2.45) is 0 Å². The highest BCUT2D eigenvalue weighted by molar-refractivity contribution is 5.84. The second-order valence-electron chi connectivity index (χ2n) is 4.52. The summed E-state index contributed by atoms with van der Waals surface area (Å²) in [6, 6.07) is 12.7. The summed E-state index contributed by atoms with van der Waals surface area (Å²) < 4.78 is 28.5. The number of carbonyl (C=O) groups is 1. The zero-order chi connectivity index (χ0) is 16.5. The van der Waals surface area contributed by atoms with Gasteiger partial charge in [-0.25, -0.2) is 9.18 Å². The third-order valence-electron chi connectivity index (χ3n) is 2.79. The van der Waals surface area contributed by atoms with E-state index in [0.29, 0.717) is 37.0 Å². The van der Waals surface area contributed by atoms with Crippen molar-refractivity contribution in [1.82, 2.24) is 0 Å². The van der Waals surface area contributed by atoms with Crippen molar-refractivity contribution in [2.75, 3.05) is 25.1 Å². The van der Waals surface area contributed by atoms with Gasteiger partial charge >= 0.3 is 6.09 Å². The SMILES string of the molecule is CCOC(=O)Nc1cccc(OCCOc2ccc(F)cc2)c1. The molecule has 0 fully saturated rings. The van der Waals surface area contributed by atoms with E-state index < -0.39 is 6.09 Å². The van der Waals surface area contributed by atoms with Gasteiger partial charge in [0, 0.05) is 11.8 Å². The summed E-state index contributed by atoms with van der Waals surface area (Å²) in [5.74, 6) is 0.870. The van der Waals surface area contributed by atoms with Crippen molar-refractivity contribution in [3.05, 3.63) is 54.3 Å². The highest BCUT2D eigenvalue weighted by atomic mass is 19.1. The normalized spacial score (nSPS) is 10.0. The van der Waals surface area contributed by atoms with E-state index in [1.165, 1.54) is 12.1 Å². The largest absolute Gasteiger partial charge is 0.490 e. The van der Waals surface area contributed by atoms with E-state index in [9.17, 15) is 9.18 Å². The first-order valence-corrected chi connectivity index (χ1v) is 7.22. The van der Waals surface area contributed by atoms with Crippen LogP contribution in [-0.4, -0.2) is 25.9 Å². The Balaban J connectivity index is 1.77. The molecule has 1 amide bonds. The topological polar surface area (TPSA) is 56.8 Å². The number of nitrogens with one attached hydrogen (secondary N) is 1. The fourth-order valence-electron chi connectivity index (χ4n) is 1.80. The second kappa shape index (κ2) is 8.63.